The van der Waals surface area contributed by atoms with Crippen LogP contribution in [0.5, 0.6) is 0 Å². The quantitative estimate of drug-likeness (QED) is 0.680. The van der Waals surface area contributed by atoms with E-state index in [4.69, 9.17) is 0 Å². The first-order valence-electron chi connectivity index (χ1n) is 9.02. The molecule has 136 valence electrons. The second-order valence-corrected chi connectivity index (χ2v) is 7.78. The fourth-order valence-electron chi connectivity index (χ4n) is 3.33. The molecule has 0 bridgehead atoms. The molecule has 1 aliphatic rings. The lowest BCUT2D eigenvalue weighted by Gasteiger charge is -2.09. The summed E-state index contributed by atoms with van der Waals surface area (Å²) in [7, 11) is 0. The summed E-state index contributed by atoms with van der Waals surface area (Å²) >= 11 is 1.50. The van der Waals surface area contributed by atoms with Crippen LogP contribution in [0.1, 0.15) is 43.4 Å². The van der Waals surface area contributed by atoms with E-state index in [0.717, 1.165) is 21.7 Å². The molecule has 1 amide bonds. The van der Waals surface area contributed by atoms with Crippen LogP contribution in [0.25, 0.3) is 16.5 Å². The van der Waals surface area contributed by atoms with Gasteiger partial charge in [0, 0.05) is 16.2 Å². The van der Waals surface area contributed by atoms with Gasteiger partial charge < -0.3 is 10.4 Å². The number of hydrogen-bond donors (Lipinski definition) is 2. The van der Waals surface area contributed by atoms with Gasteiger partial charge in [0.2, 0.25) is 5.91 Å². The highest BCUT2D eigenvalue weighted by Crippen LogP contribution is 2.30. The van der Waals surface area contributed by atoms with Gasteiger partial charge in [0.05, 0.1) is 0 Å². The molecule has 1 saturated carbocycles. The minimum atomic E-state index is -1.12. The third-order valence-corrected chi connectivity index (χ3v) is 5.81. The number of thiophene rings is 1. The van der Waals surface area contributed by atoms with Crippen LogP contribution >= 0.6 is 11.3 Å². The monoisotopic (exact) mass is 369 g/mol. The molecule has 1 heterocycles. The molecule has 2 aromatic rings. The Morgan fingerprint density at radius 2 is 1.85 bits per heavy atom. The zero-order valence-corrected chi connectivity index (χ0v) is 15.4. The van der Waals surface area contributed by atoms with Crippen molar-refractivity contribution in [1.82, 2.24) is 5.32 Å². The summed E-state index contributed by atoms with van der Waals surface area (Å²) in [6, 6.07) is 13.8. The van der Waals surface area contributed by atoms with Gasteiger partial charge in [-0.3, -0.25) is 4.79 Å². The molecule has 0 radical (unpaired) electrons. The van der Waals surface area contributed by atoms with Crippen LogP contribution in [0.15, 0.2) is 48.2 Å². The van der Waals surface area contributed by atoms with Crippen LogP contribution in [0.2, 0.25) is 0 Å². The van der Waals surface area contributed by atoms with Crippen molar-refractivity contribution in [1.29, 1.82) is 0 Å². The SMILES string of the molecule is O=C(CCC1CCCC1)N/C(=C\c1ccc(-c2ccccc2)s1)C(=O)O. The van der Waals surface area contributed by atoms with Crippen molar-refractivity contribution in [3.63, 3.8) is 0 Å². The van der Waals surface area contributed by atoms with E-state index in [1.807, 2.05) is 42.5 Å². The van der Waals surface area contributed by atoms with Gasteiger partial charge in [-0.1, -0.05) is 56.0 Å². The number of carboxylic acids is 1. The molecule has 1 aromatic carbocycles. The molecule has 0 atom stereocenters. The van der Waals surface area contributed by atoms with Crippen LogP contribution in [-0.2, 0) is 9.59 Å². The van der Waals surface area contributed by atoms with Crippen molar-refractivity contribution in [3.8, 4) is 10.4 Å². The average Bonchev–Trinajstić information content (AvgIpc) is 3.32. The number of carbonyl (C=O) groups excluding carboxylic acids is 1. The fourth-order valence-corrected chi connectivity index (χ4v) is 4.29. The number of rotatable bonds is 7. The largest absolute Gasteiger partial charge is 0.477 e. The van der Waals surface area contributed by atoms with Crippen LogP contribution in [-0.4, -0.2) is 17.0 Å². The Kier molecular flexibility index (Phi) is 6.23. The van der Waals surface area contributed by atoms with Gasteiger partial charge in [-0.2, -0.15) is 0 Å². The van der Waals surface area contributed by atoms with E-state index >= 15 is 0 Å². The van der Waals surface area contributed by atoms with E-state index in [9.17, 15) is 14.7 Å². The Bertz CT molecular complexity index is 789. The topological polar surface area (TPSA) is 66.4 Å². The van der Waals surface area contributed by atoms with Crippen LogP contribution in [0.4, 0.5) is 0 Å². The molecule has 0 aliphatic heterocycles. The highest BCUT2D eigenvalue weighted by atomic mass is 32.1. The zero-order chi connectivity index (χ0) is 18.4. The van der Waals surface area contributed by atoms with E-state index in [1.54, 1.807) is 0 Å². The molecular formula is C21H23NO3S. The van der Waals surface area contributed by atoms with Gasteiger partial charge in [0.25, 0.3) is 0 Å². The normalized spacial score (nSPS) is 15.2. The number of hydrogen-bond acceptors (Lipinski definition) is 3. The van der Waals surface area contributed by atoms with Crippen LogP contribution in [0, 0.1) is 5.92 Å². The molecule has 1 aromatic heterocycles. The van der Waals surface area contributed by atoms with Gasteiger partial charge in [-0.05, 0) is 36.1 Å². The lowest BCUT2D eigenvalue weighted by Crippen LogP contribution is -2.27. The number of nitrogens with one attached hydrogen (secondary N) is 1. The highest BCUT2D eigenvalue weighted by Gasteiger charge is 2.18. The fraction of sp³-hybridized carbons (Fsp3) is 0.333. The molecule has 2 N–H and O–H groups in total. The maximum absolute atomic E-state index is 12.1. The van der Waals surface area contributed by atoms with Crippen molar-refractivity contribution in [2.75, 3.05) is 0 Å². The molecule has 0 spiro atoms. The molecule has 0 saturated heterocycles. The average molecular weight is 369 g/mol. The Morgan fingerprint density at radius 1 is 1.12 bits per heavy atom. The number of carbonyl (C=O) groups is 2. The van der Waals surface area contributed by atoms with Gasteiger partial charge in [0.1, 0.15) is 5.70 Å². The van der Waals surface area contributed by atoms with E-state index in [-0.39, 0.29) is 11.6 Å². The first kappa shape index (κ1) is 18.4. The van der Waals surface area contributed by atoms with Gasteiger partial charge in [-0.15, -0.1) is 11.3 Å². The Balaban J connectivity index is 1.64. The van der Waals surface area contributed by atoms with Crippen molar-refractivity contribution in [2.45, 2.75) is 38.5 Å². The zero-order valence-electron chi connectivity index (χ0n) is 14.6. The van der Waals surface area contributed by atoms with Gasteiger partial charge >= 0.3 is 5.97 Å². The minimum absolute atomic E-state index is 0.0668. The number of amides is 1. The van der Waals surface area contributed by atoms with Crippen LogP contribution < -0.4 is 5.32 Å². The van der Waals surface area contributed by atoms with Gasteiger partial charge in [-0.25, -0.2) is 4.79 Å². The molecule has 1 aliphatic carbocycles. The Hall–Kier alpha value is -2.40. The Labute approximate surface area is 157 Å². The molecule has 4 nitrogen and oxygen atoms in total. The van der Waals surface area contributed by atoms with E-state index in [2.05, 4.69) is 5.32 Å². The summed E-state index contributed by atoms with van der Waals surface area (Å²) in [5.41, 5.74) is 1.03. The molecule has 5 heteroatoms. The number of aliphatic carboxylic acids is 1. The first-order valence-corrected chi connectivity index (χ1v) is 9.83. The standard InChI is InChI=1S/C21H23NO3S/c23-20(13-10-15-6-4-5-7-15)22-18(21(24)25)14-17-11-12-19(26-17)16-8-2-1-3-9-16/h1-3,8-9,11-12,14-15H,4-7,10,13H2,(H,22,23)(H,24,25)/b18-14-. The van der Waals surface area contributed by atoms with Crippen molar-refractivity contribution in [2.24, 2.45) is 5.92 Å². The predicted molar refractivity (Wildman–Crippen MR) is 105 cm³/mol. The summed E-state index contributed by atoms with van der Waals surface area (Å²) in [4.78, 5) is 25.5. The van der Waals surface area contributed by atoms with E-state index in [1.165, 1.54) is 43.1 Å². The predicted octanol–water partition coefficient (Wildman–Crippen LogP) is 4.93. The van der Waals surface area contributed by atoms with Crippen molar-refractivity contribution in [3.05, 3.63) is 53.0 Å². The second kappa shape index (κ2) is 8.81. The van der Waals surface area contributed by atoms with Gasteiger partial charge in [0.15, 0.2) is 0 Å². The lowest BCUT2D eigenvalue weighted by molar-refractivity contribution is -0.134. The maximum Gasteiger partial charge on any atom is 0.352 e. The van der Waals surface area contributed by atoms with E-state index < -0.39 is 5.97 Å². The second-order valence-electron chi connectivity index (χ2n) is 6.67. The third kappa shape index (κ3) is 5.05. The van der Waals surface area contributed by atoms with Crippen molar-refractivity contribution >= 4 is 29.3 Å². The Morgan fingerprint density at radius 3 is 2.54 bits per heavy atom. The molecule has 3 rings (SSSR count). The summed E-state index contributed by atoms with van der Waals surface area (Å²) in [5.74, 6) is -0.719. The van der Waals surface area contributed by atoms with E-state index in [0.29, 0.717) is 12.3 Å². The summed E-state index contributed by atoms with van der Waals surface area (Å²) in [5, 5.41) is 12.0. The third-order valence-electron chi connectivity index (χ3n) is 4.73. The molecule has 1 fully saturated rings. The molecule has 26 heavy (non-hydrogen) atoms. The smallest absolute Gasteiger partial charge is 0.352 e. The first-order chi connectivity index (χ1) is 12.6. The highest BCUT2D eigenvalue weighted by molar-refractivity contribution is 7.16. The number of benzene rings is 1. The lowest BCUT2D eigenvalue weighted by atomic mass is 10.0. The summed E-state index contributed by atoms with van der Waals surface area (Å²) in [6.45, 7) is 0. The summed E-state index contributed by atoms with van der Waals surface area (Å²) < 4.78 is 0. The molecular weight excluding hydrogens is 346 g/mol. The number of carboxylic acid groups (broad SMARTS) is 1. The molecule has 0 unspecified atom stereocenters. The maximum atomic E-state index is 12.1. The summed E-state index contributed by atoms with van der Waals surface area (Å²) in [6.07, 6.45) is 7.62. The minimum Gasteiger partial charge on any atom is -0.477 e. The van der Waals surface area contributed by atoms with Crippen LogP contribution in [0.3, 0.4) is 0 Å². The van der Waals surface area contributed by atoms with Crippen molar-refractivity contribution < 1.29 is 14.7 Å².